The number of hydrogen-bond donors (Lipinski definition) is 1. The third-order valence-corrected chi connectivity index (χ3v) is 4.46. The SMILES string of the molecule is COc1ccccc1NC(=O)c1cc2n(n1)C[C@@H](c1ccc(F)cc1)OC2. The van der Waals surface area contributed by atoms with Crippen LogP contribution in [-0.2, 0) is 17.9 Å². The fraction of sp³-hybridized carbons (Fsp3) is 0.200. The van der Waals surface area contributed by atoms with Gasteiger partial charge in [0.2, 0.25) is 0 Å². The summed E-state index contributed by atoms with van der Waals surface area (Å²) in [7, 11) is 1.55. The molecule has 0 bridgehead atoms. The van der Waals surface area contributed by atoms with Crippen LogP contribution < -0.4 is 10.1 Å². The average Bonchev–Trinajstić information content (AvgIpc) is 3.12. The number of fused-ring (bicyclic) bond motifs is 1. The molecular weight excluding hydrogens is 349 g/mol. The lowest BCUT2D eigenvalue weighted by molar-refractivity contribution is -0.00122. The summed E-state index contributed by atoms with van der Waals surface area (Å²) < 4.78 is 26.0. The van der Waals surface area contributed by atoms with Gasteiger partial charge in [-0.25, -0.2) is 4.39 Å². The van der Waals surface area contributed by atoms with Crippen LogP contribution in [0.2, 0.25) is 0 Å². The molecule has 138 valence electrons. The minimum atomic E-state index is -0.320. The molecule has 1 amide bonds. The minimum Gasteiger partial charge on any atom is -0.495 e. The van der Waals surface area contributed by atoms with Gasteiger partial charge in [-0.3, -0.25) is 9.48 Å². The third-order valence-electron chi connectivity index (χ3n) is 4.46. The number of halogens is 1. The first-order valence-electron chi connectivity index (χ1n) is 8.52. The van der Waals surface area contributed by atoms with E-state index in [2.05, 4.69) is 10.4 Å². The van der Waals surface area contributed by atoms with Crippen LogP contribution in [0.25, 0.3) is 0 Å². The van der Waals surface area contributed by atoms with E-state index in [1.165, 1.54) is 12.1 Å². The Morgan fingerprint density at radius 1 is 1.26 bits per heavy atom. The van der Waals surface area contributed by atoms with Gasteiger partial charge >= 0.3 is 0 Å². The number of hydrogen-bond acceptors (Lipinski definition) is 4. The molecular formula is C20H18FN3O3. The van der Waals surface area contributed by atoms with Crippen LogP contribution in [0.3, 0.4) is 0 Å². The molecule has 0 aliphatic carbocycles. The first-order chi connectivity index (χ1) is 13.1. The quantitative estimate of drug-likeness (QED) is 0.766. The van der Waals surface area contributed by atoms with Gasteiger partial charge in [0.15, 0.2) is 5.69 Å². The molecule has 0 fully saturated rings. The zero-order valence-electron chi connectivity index (χ0n) is 14.7. The molecule has 4 rings (SSSR count). The summed E-state index contributed by atoms with van der Waals surface area (Å²) in [4.78, 5) is 12.6. The molecule has 1 atom stereocenters. The maximum absolute atomic E-state index is 13.1. The Morgan fingerprint density at radius 3 is 2.81 bits per heavy atom. The standard InChI is InChI=1S/C20H18FN3O3/c1-26-18-5-3-2-4-16(18)22-20(25)17-10-15-12-27-19(11-24(15)23-17)13-6-8-14(21)9-7-13/h2-10,19H,11-12H2,1H3,(H,22,25)/t19-/m0/s1. The number of carbonyl (C=O) groups is 1. The second-order valence-electron chi connectivity index (χ2n) is 6.21. The zero-order chi connectivity index (χ0) is 18.8. The lowest BCUT2D eigenvalue weighted by atomic mass is 10.1. The van der Waals surface area contributed by atoms with Crippen molar-refractivity contribution < 1.29 is 18.7 Å². The largest absolute Gasteiger partial charge is 0.495 e. The first-order valence-corrected chi connectivity index (χ1v) is 8.52. The predicted molar refractivity (Wildman–Crippen MR) is 97.1 cm³/mol. The summed E-state index contributed by atoms with van der Waals surface area (Å²) in [6, 6.07) is 15.1. The van der Waals surface area contributed by atoms with Gasteiger partial charge in [-0.05, 0) is 35.9 Å². The molecule has 1 aliphatic heterocycles. The molecule has 27 heavy (non-hydrogen) atoms. The predicted octanol–water partition coefficient (Wildman–Crippen LogP) is 3.55. The number of amides is 1. The summed E-state index contributed by atoms with van der Waals surface area (Å²) in [5.74, 6) is -0.0288. The van der Waals surface area contributed by atoms with Crippen molar-refractivity contribution in [3.63, 3.8) is 0 Å². The second-order valence-corrected chi connectivity index (χ2v) is 6.21. The third kappa shape index (κ3) is 3.54. The normalized spacial score (nSPS) is 15.9. The van der Waals surface area contributed by atoms with Crippen LogP contribution in [0.5, 0.6) is 5.75 Å². The summed E-state index contributed by atoms with van der Waals surface area (Å²) >= 11 is 0. The Labute approximate surface area is 155 Å². The van der Waals surface area contributed by atoms with E-state index in [0.29, 0.717) is 30.3 Å². The van der Waals surface area contributed by atoms with Gasteiger partial charge in [-0.15, -0.1) is 0 Å². The number of benzene rings is 2. The number of carbonyl (C=O) groups excluding carboxylic acids is 1. The lowest BCUT2D eigenvalue weighted by Gasteiger charge is -2.24. The van der Waals surface area contributed by atoms with Crippen molar-refractivity contribution in [1.29, 1.82) is 0 Å². The van der Waals surface area contributed by atoms with Crippen molar-refractivity contribution in [1.82, 2.24) is 9.78 Å². The van der Waals surface area contributed by atoms with Gasteiger partial charge in [0.05, 0.1) is 31.6 Å². The number of para-hydroxylation sites is 2. The fourth-order valence-electron chi connectivity index (χ4n) is 3.05. The molecule has 0 saturated carbocycles. The van der Waals surface area contributed by atoms with Crippen LogP contribution in [0.4, 0.5) is 10.1 Å². The topological polar surface area (TPSA) is 65.4 Å². The van der Waals surface area contributed by atoms with Gasteiger partial charge in [-0.2, -0.15) is 5.10 Å². The van der Waals surface area contributed by atoms with Gasteiger partial charge in [0.25, 0.3) is 5.91 Å². The maximum atomic E-state index is 13.1. The van der Waals surface area contributed by atoms with Crippen molar-refractivity contribution in [3.05, 3.63) is 77.4 Å². The molecule has 3 aromatic rings. The van der Waals surface area contributed by atoms with Gasteiger partial charge in [-0.1, -0.05) is 24.3 Å². The van der Waals surface area contributed by atoms with Gasteiger partial charge < -0.3 is 14.8 Å². The highest BCUT2D eigenvalue weighted by Gasteiger charge is 2.24. The molecule has 0 saturated heterocycles. The molecule has 0 radical (unpaired) electrons. The van der Waals surface area contributed by atoms with E-state index in [9.17, 15) is 9.18 Å². The maximum Gasteiger partial charge on any atom is 0.276 e. The summed E-state index contributed by atoms with van der Waals surface area (Å²) in [6.07, 6.45) is -0.233. The van der Waals surface area contributed by atoms with E-state index in [-0.39, 0.29) is 17.8 Å². The highest BCUT2D eigenvalue weighted by molar-refractivity contribution is 6.03. The van der Waals surface area contributed by atoms with Gasteiger partial charge in [0, 0.05) is 0 Å². The van der Waals surface area contributed by atoms with Crippen molar-refractivity contribution in [3.8, 4) is 5.75 Å². The van der Waals surface area contributed by atoms with Crippen LogP contribution >= 0.6 is 0 Å². The van der Waals surface area contributed by atoms with Crippen LogP contribution in [-0.4, -0.2) is 22.8 Å². The van der Waals surface area contributed by atoms with E-state index in [4.69, 9.17) is 9.47 Å². The smallest absolute Gasteiger partial charge is 0.276 e. The Kier molecular flexibility index (Phi) is 4.60. The number of anilines is 1. The summed E-state index contributed by atoms with van der Waals surface area (Å²) in [6.45, 7) is 0.792. The highest BCUT2D eigenvalue weighted by Crippen LogP contribution is 2.27. The van der Waals surface area contributed by atoms with Crippen molar-refractivity contribution in [2.75, 3.05) is 12.4 Å². The fourth-order valence-corrected chi connectivity index (χ4v) is 3.05. The zero-order valence-corrected chi connectivity index (χ0v) is 14.7. The number of ether oxygens (including phenoxy) is 2. The molecule has 1 aliphatic rings. The Balaban J connectivity index is 1.51. The molecule has 7 heteroatoms. The number of aromatic nitrogens is 2. The Morgan fingerprint density at radius 2 is 2.04 bits per heavy atom. The molecule has 2 aromatic carbocycles. The molecule has 0 unspecified atom stereocenters. The molecule has 1 N–H and O–H groups in total. The molecule has 0 spiro atoms. The number of nitrogens with one attached hydrogen (secondary N) is 1. The van der Waals surface area contributed by atoms with Crippen molar-refractivity contribution in [2.24, 2.45) is 0 Å². The monoisotopic (exact) mass is 367 g/mol. The number of rotatable bonds is 4. The average molecular weight is 367 g/mol. The van der Waals surface area contributed by atoms with Crippen LogP contribution in [0.15, 0.2) is 54.6 Å². The Hall–Kier alpha value is -3.19. The minimum absolute atomic E-state index is 0.233. The van der Waals surface area contributed by atoms with E-state index < -0.39 is 0 Å². The van der Waals surface area contributed by atoms with E-state index in [1.807, 2.05) is 12.1 Å². The molecule has 1 aromatic heterocycles. The van der Waals surface area contributed by atoms with Gasteiger partial charge in [0.1, 0.15) is 17.7 Å². The van der Waals surface area contributed by atoms with E-state index in [0.717, 1.165) is 11.3 Å². The van der Waals surface area contributed by atoms with Crippen molar-refractivity contribution >= 4 is 11.6 Å². The molecule has 2 heterocycles. The summed E-state index contributed by atoms with van der Waals surface area (Å²) in [5.41, 5.74) is 2.58. The molecule has 6 nitrogen and oxygen atoms in total. The number of nitrogens with zero attached hydrogens (tertiary/aromatic N) is 2. The summed E-state index contributed by atoms with van der Waals surface area (Å²) in [5, 5.41) is 7.22. The van der Waals surface area contributed by atoms with E-state index >= 15 is 0 Å². The Bertz CT molecular complexity index is 969. The van der Waals surface area contributed by atoms with E-state index in [1.54, 1.807) is 42.1 Å². The second kappa shape index (κ2) is 7.20. The first kappa shape index (κ1) is 17.2. The van der Waals surface area contributed by atoms with Crippen LogP contribution in [0.1, 0.15) is 27.8 Å². The number of methoxy groups -OCH3 is 1. The highest BCUT2D eigenvalue weighted by atomic mass is 19.1. The van der Waals surface area contributed by atoms with Crippen LogP contribution in [0, 0.1) is 5.82 Å². The lowest BCUT2D eigenvalue weighted by Crippen LogP contribution is -2.22. The van der Waals surface area contributed by atoms with Crippen molar-refractivity contribution in [2.45, 2.75) is 19.3 Å².